The summed E-state index contributed by atoms with van der Waals surface area (Å²) in [6, 6.07) is 16.2. The van der Waals surface area contributed by atoms with E-state index in [4.69, 9.17) is 15.9 Å². The number of hydrogen-bond donors (Lipinski definition) is 4. The normalized spacial score (nSPS) is 20.6. The van der Waals surface area contributed by atoms with E-state index in [2.05, 4.69) is 17.4 Å². The molecule has 1 aliphatic heterocycles. The summed E-state index contributed by atoms with van der Waals surface area (Å²) in [4.78, 5) is 11.1. The number of aryl methyl sites for hydroxylation is 1. The van der Waals surface area contributed by atoms with Crippen LogP contribution in [0.3, 0.4) is 0 Å². The largest absolute Gasteiger partial charge is 0.504 e. The van der Waals surface area contributed by atoms with Gasteiger partial charge in [-0.25, -0.2) is 0 Å². The maximum absolute atomic E-state index is 11.6. The van der Waals surface area contributed by atoms with Crippen molar-refractivity contribution < 1.29 is 14.8 Å². The number of nitro benzene ring substituents is 1. The number of nitrogens with zero attached hydrogens (tertiary/aromatic N) is 1. The molecule has 0 spiro atoms. The molecule has 0 amide bonds. The molecule has 33 heavy (non-hydrogen) atoms. The van der Waals surface area contributed by atoms with Crippen LogP contribution in [-0.2, 0) is 6.42 Å². The average molecular weight is 444 g/mol. The molecule has 3 aromatic rings. The second kappa shape index (κ2) is 7.81. The minimum Gasteiger partial charge on any atom is -0.504 e. The van der Waals surface area contributed by atoms with Crippen LogP contribution in [0.15, 0.2) is 54.6 Å². The molecule has 3 atom stereocenters. The van der Waals surface area contributed by atoms with Crippen LogP contribution < -0.4 is 15.8 Å². The Bertz CT molecular complexity index is 1290. The van der Waals surface area contributed by atoms with Crippen molar-refractivity contribution in [2.75, 3.05) is 12.4 Å². The number of aromatic hydroxyl groups is 1. The number of methoxy groups -OCH3 is 1. The Balaban J connectivity index is 1.72. The standard InChI is InChI=1S/C25H24N4O4/c1-33-21-12-15(29(31)32)11-19(24(21)30)23-17-8-6-13-4-2-3-5-16(13)22(17)18-10-14(25(26)27)7-9-20(18)28-23/h2-5,7,9-12,17,22-23,28,30H,6,8H2,1H3,(H3,26,27). The van der Waals surface area contributed by atoms with E-state index in [0.717, 1.165) is 24.1 Å². The number of non-ortho nitro benzene ring substituents is 1. The van der Waals surface area contributed by atoms with Crippen LogP contribution in [0, 0.1) is 21.4 Å². The Hall–Kier alpha value is -4.07. The van der Waals surface area contributed by atoms with E-state index in [1.807, 2.05) is 24.3 Å². The van der Waals surface area contributed by atoms with Crippen LogP contribution in [0.4, 0.5) is 11.4 Å². The number of nitrogens with two attached hydrogens (primary N) is 1. The highest BCUT2D eigenvalue weighted by Crippen LogP contribution is 2.55. The fourth-order valence-electron chi connectivity index (χ4n) is 5.36. The summed E-state index contributed by atoms with van der Waals surface area (Å²) in [6.45, 7) is 0. The van der Waals surface area contributed by atoms with Crippen molar-refractivity contribution in [2.45, 2.75) is 24.8 Å². The van der Waals surface area contributed by atoms with Gasteiger partial charge in [-0.2, -0.15) is 0 Å². The number of fused-ring (bicyclic) bond motifs is 5. The Labute approximate surface area is 190 Å². The molecule has 8 heteroatoms. The quantitative estimate of drug-likeness (QED) is 0.203. The van der Waals surface area contributed by atoms with Crippen LogP contribution in [0.1, 0.15) is 46.2 Å². The second-order valence-corrected chi connectivity index (χ2v) is 8.56. The minimum absolute atomic E-state index is 0.00151. The number of nitrogens with one attached hydrogen (secondary N) is 2. The highest BCUT2D eigenvalue weighted by Gasteiger charge is 2.43. The van der Waals surface area contributed by atoms with Crippen molar-refractivity contribution in [1.82, 2.24) is 0 Å². The highest BCUT2D eigenvalue weighted by atomic mass is 16.6. The number of nitro groups is 1. The summed E-state index contributed by atoms with van der Waals surface area (Å²) in [7, 11) is 1.38. The Morgan fingerprint density at radius 2 is 1.97 bits per heavy atom. The third-order valence-electron chi connectivity index (χ3n) is 6.86. The number of phenolic OH excluding ortho intramolecular Hbond substituents is 1. The fourth-order valence-corrected chi connectivity index (χ4v) is 5.36. The third kappa shape index (κ3) is 3.34. The van der Waals surface area contributed by atoms with Gasteiger partial charge in [-0.1, -0.05) is 24.3 Å². The van der Waals surface area contributed by atoms with Gasteiger partial charge in [0.25, 0.3) is 5.69 Å². The zero-order chi connectivity index (χ0) is 23.3. The van der Waals surface area contributed by atoms with Gasteiger partial charge in [-0.15, -0.1) is 0 Å². The van der Waals surface area contributed by atoms with Crippen LogP contribution in [0.25, 0.3) is 0 Å². The van der Waals surface area contributed by atoms with Crippen molar-refractivity contribution in [3.05, 3.63) is 92.5 Å². The SMILES string of the molecule is COc1cc([N+](=O)[O-])cc(C2Nc3ccc(C(=N)N)cc3C3c4ccccc4CCC23)c1O. The van der Waals surface area contributed by atoms with Crippen molar-refractivity contribution in [3.8, 4) is 11.5 Å². The molecule has 3 unspecified atom stereocenters. The van der Waals surface area contributed by atoms with Crippen LogP contribution in [0.5, 0.6) is 11.5 Å². The molecular weight excluding hydrogens is 420 g/mol. The predicted molar refractivity (Wildman–Crippen MR) is 125 cm³/mol. The van der Waals surface area contributed by atoms with E-state index in [1.165, 1.54) is 30.4 Å². The molecule has 0 saturated heterocycles. The molecule has 5 rings (SSSR count). The van der Waals surface area contributed by atoms with Crippen LogP contribution in [-0.4, -0.2) is 23.0 Å². The van der Waals surface area contributed by atoms with E-state index < -0.39 is 4.92 Å². The van der Waals surface area contributed by atoms with Crippen molar-refractivity contribution in [3.63, 3.8) is 0 Å². The number of anilines is 1. The lowest BCUT2D eigenvalue weighted by atomic mass is 9.65. The lowest BCUT2D eigenvalue weighted by molar-refractivity contribution is -0.385. The van der Waals surface area contributed by atoms with Gasteiger partial charge in [0, 0.05) is 28.8 Å². The topological polar surface area (TPSA) is 134 Å². The van der Waals surface area contributed by atoms with Crippen molar-refractivity contribution in [1.29, 1.82) is 5.41 Å². The summed E-state index contributed by atoms with van der Waals surface area (Å²) in [5, 5.41) is 33.9. The van der Waals surface area contributed by atoms with Gasteiger partial charge in [-0.3, -0.25) is 15.5 Å². The van der Waals surface area contributed by atoms with E-state index in [0.29, 0.717) is 11.1 Å². The molecule has 3 aromatic carbocycles. The van der Waals surface area contributed by atoms with E-state index in [9.17, 15) is 15.2 Å². The summed E-state index contributed by atoms with van der Waals surface area (Å²) < 4.78 is 5.25. The lowest BCUT2D eigenvalue weighted by Crippen LogP contribution is -2.35. The van der Waals surface area contributed by atoms with E-state index in [1.54, 1.807) is 6.07 Å². The average Bonchev–Trinajstić information content (AvgIpc) is 2.82. The molecule has 8 nitrogen and oxygen atoms in total. The van der Waals surface area contributed by atoms with Crippen molar-refractivity contribution >= 4 is 17.2 Å². The maximum Gasteiger partial charge on any atom is 0.273 e. The first-order valence-electron chi connectivity index (χ1n) is 10.8. The predicted octanol–water partition coefficient (Wildman–Crippen LogP) is 4.45. The van der Waals surface area contributed by atoms with Gasteiger partial charge in [0.15, 0.2) is 11.5 Å². The molecule has 0 bridgehead atoms. The number of hydrogen-bond acceptors (Lipinski definition) is 6. The van der Waals surface area contributed by atoms with E-state index in [-0.39, 0.29) is 40.9 Å². The Morgan fingerprint density at radius 3 is 2.70 bits per heavy atom. The monoisotopic (exact) mass is 444 g/mol. The highest BCUT2D eigenvalue weighted by molar-refractivity contribution is 5.95. The summed E-state index contributed by atoms with van der Waals surface area (Å²) in [5.74, 6) is -0.0116. The number of amidine groups is 1. The number of benzene rings is 3. The zero-order valence-electron chi connectivity index (χ0n) is 18.0. The summed E-state index contributed by atoms with van der Waals surface area (Å²) in [5.41, 5.74) is 11.1. The molecule has 0 aromatic heterocycles. The molecule has 0 radical (unpaired) electrons. The van der Waals surface area contributed by atoms with Gasteiger partial charge in [0.2, 0.25) is 0 Å². The molecule has 2 aliphatic rings. The summed E-state index contributed by atoms with van der Waals surface area (Å²) in [6.07, 6.45) is 1.69. The van der Waals surface area contributed by atoms with Gasteiger partial charge < -0.3 is 20.9 Å². The molecule has 0 fully saturated rings. The van der Waals surface area contributed by atoms with Crippen LogP contribution in [0.2, 0.25) is 0 Å². The lowest BCUT2D eigenvalue weighted by Gasteiger charge is -2.44. The number of phenols is 1. The third-order valence-corrected chi connectivity index (χ3v) is 6.86. The Kier molecular flexibility index (Phi) is 4.92. The van der Waals surface area contributed by atoms with Gasteiger partial charge >= 0.3 is 0 Å². The second-order valence-electron chi connectivity index (χ2n) is 8.56. The van der Waals surface area contributed by atoms with E-state index >= 15 is 0 Å². The smallest absolute Gasteiger partial charge is 0.273 e. The first kappa shape index (κ1) is 20.8. The number of rotatable bonds is 4. The van der Waals surface area contributed by atoms with Crippen molar-refractivity contribution in [2.24, 2.45) is 11.7 Å². The van der Waals surface area contributed by atoms with Gasteiger partial charge in [-0.05, 0) is 53.6 Å². The molecule has 5 N–H and O–H groups in total. The minimum atomic E-state index is -0.477. The molecule has 168 valence electrons. The molecule has 1 aliphatic carbocycles. The Morgan fingerprint density at radius 1 is 1.18 bits per heavy atom. The van der Waals surface area contributed by atoms with Crippen LogP contribution >= 0.6 is 0 Å². The first-order chi connectivity index (χ1) is 15.9. The number of ether oxygens (including phenoxy) is 1. The molecular formula is C25H24N4O4. The zero-order valence-corrected chi connectivity index (χ0v) is 18.0. The maximum atomic E-state index is 11.6. The molecule has 1 heterocycles. The molecule has 0 saturated carbocycles. The van der Waals surface area contributed by atoms with Gasteiger partial charge in [0.1, 0.15) is 5.84 Å². The summed E-state index contributed by atoms with van der Waals surface area (Å²) >= 11 is 0. The fraction of sp³-hybridized carbons (Fsp3) is 0.240. The number of nitrogen functional groups attached to an aromatic ring is 1. The first-order valence-corrected chi connectivity index (χ1v) is 10.8. The van der Waals surface area contributed by atoms with Gasteiger partial charge in [0.05, 0.1) is 24.1 Å².